The Labute approximate surface area is 121 Å². The third kappa shape index (κ3) is 2.62. The van der Waals surface area contributed by atoms with Gasteiger partial charge in [-0.3, -0.25) is 0 Å². The monoisotopic (exact) mass is 277 g/mol. The number of hydrogen-bond acceptors (Lipinski definition) is 4. The van der Waals surface area contributed by atoms with Crippen molar-refractivity contribution < 1.29 is 4.52 Å². The highest BCUT2D eigenvalue weighted by Crippen LogP contribution is 2.49. The van der Waals surface area contributed by atoms with Gasteiger partial charge in [0, 0.05) is 12.0 Å². The van der Waals surface area contributed by atoms with E-state index in [9.17, 15) is 0 Å². The Balaban J connectivity index is 1.59. The van der Waals surface area contributed by atoms with Crippen LogP contribution in [-0.2, 0) is 0 Å². The molecule has 2 aliphatic carbocycles. The normalized spacial score (nSPS) is 31.9. The fraction of sp³-hybridized carbons (Fsp3) is 0.875. The third-order valence-electron chi connectivity index (χ3n) is 5.29. The second-order valence-electron chi connectivity index (χ2n) is 7.16. The Morgan fingerprint density at radius 1 is 1.15 bits per heavy atom. The minimum atomic E-state index is 0.143. The minimum absolute atomic E-state index is 0.143. The fourth-order valence-corrected chi connectivity index (χ4v) is 4.15. The average molecular weight is 277 g/mol. The molecule has 4 nitrogen and oxygen atoms in total. The molecule has 1 N–H and O–H groups in total. The van der Waals surface area contributed by atoms with Crippen LogP contribution >= 0.6 is 0 Å². The van der Waals surface area contributed by atoms with Crippen LogP contribution in [0.15, 0.2) is 4.52 Å². The largest absolute Gasteiger partial charge is 0.338 e. The molecule has 2 fully saturated rings. The van der Waals surface area contributed by atoms with Crippen LogP contribution < -0.4 is 5.32 Å². The van der Waals surface area contributed by atoms with E-state index in [0.29, 0.717) is 12.0 Å². The molecule has 0 spiro atoms. The second kappa shape index (κ2) is 5.47. The van der Waals surface area contributed by atoms with Crippen LogP contribution in [-0.4, -0.2) is 16.2 Å². The highest BCUT2D eigenvalue weighted by Gasteiger charge is 2.42. The Morgan fingerprint density at radius 3 is 2.50 bits per heavy atom. The number of fused-ring (bicyclic) bond motifs is 2. The highest BCUT2D eigenvalue weighted by atomic mass is 16.5. The SMILES string of the molecule is CC(C)c1noc([C@H](C)N[C@@H](C)[C@H]2C[C@H]3CC[C@H]2C3)n1. The van der Waals surface area contributed by atoms with Crippen LogP contribution in [0.2, 0.25) is 0 Å². The molecule has 5 atom stereocenters. The number of nitrogens with zero attached hydrogens (tertiary/aromatic N) is 2. The molecule has 0 aromatic carbocycles. The van der Waals surface area contributed by atoms with Gasteiger partial charge in [0.15, 0.2) is 5.82 Å². The zero-order chi connectivity index (χ0) is 14.3. The first-order valence-corrected chi connectivity index (χ1v) is 8.14. The van der Waals surface area contributed by atoms with Gasteiger partial charge in [0.2, 0.25) is 5.89 Å². The summed E-state index contributed by atoms with van der Waals surface area (Å²) in [5.41, 5.74) is 0. The van der Waals surface area contributed by atoms with Gasteiger partial charge in [0.25, 0.3) is 0 Å². The average Bonchev–Trinajstić information content (AvgIpc) is 3.14. The van der Waals surface area contributed by atoms with E-state index in [2.05, 4.69) is 43.2 Å². The number of rotatable bonds is 5. The van der Waals surface area contributed by atoms with E-state index in [-0.39, 0.29) is 6.04 Å². The Kier molecular flexibility index (Phi) is 3.85. The quantitative estimate of drug-likeness (QED) is 0.892. The van der Waals surface area contributed by atoms with Crippen LogP contribution in [0.25, 0.3) is 0 Å². The number of hydrogen-bond donors (Lipinski definition) is 1. The molecule has 112 valence electrons. The first-order chi connectivity index (χ1) is 9.54. The van der Waals surface area contributed by atoms with E-state index in [1.165, 1.54) is 25.7 Å². The van der Waals surface area contributed by atoms with Gasteiger partial charge in [-0.25, -0.2) is 0 Å². The van der Waals surface area contributed by atoms with Crippen LogP contribution in [0.3, 0.4) is 0 Å². The summed E-state index contributed by atoms with van der Waals surface area (Å²) in [7, 11) is 0. The van der Waals surface area contributed by atoms with Crippen molar-refractivity contribution >= 4 is 0 Å². The van der Waals surface area contributed by atoms with Crippen molar-refractivity contribution in [3.05, 3.63) is 11.7 Å². The van der Waals surface area contributed by atoms with Gasteiger partial charge >= 0.3 is 0 Å². The molecule has 0 aliphatic heterocycles. The molecule has 0 unspecified atom stereocenters. The maximum Gasteiger partial charge on any atom is 0.243 e. The van der Waals surface area contributed by atoms with E-state index in [4.69, 9.17) is 4.52 Å². The van der Waals surface area contributed by atoms with Gasteiger partial charge in [-0.1, -0.05) is 25.4 Å². The lowest BCUT2D eigenvalue weighted by atomic mass is 9.84. The first kappa shape index (κ1) is 14.1. The maximum atomic E-state index is 5.39. The van der Waals surface area contributed by atoms with E-state index in [0.717, 1.165) is 29.5 Å². The summed E-state index contributed by atoms with van der Waals surface area (Å²) in [4.78, 5) is 4.50. The molecule has 4 heteroatoms. The molecular weight excluding hydrogens is 250 g/mol. The molecule has 2 bridgehead atoms. The lowest BCUT2D eigenvalue weighted by Crippen LogP contribution is -2.37. The molecule has 2 aliphatic rings. The van der Waals surface area contributed by atoms with Gasteiger partial charge in [0.1, 0.15) is 0 Å². The minimum Gasteiger partial charge on any atom is -0.338 e. The highest BCUT2D eigenvalue weighted by molar-refractivity contribution is 4.98. The van der Waals surface area contributed by atoms with E-state index in [1.807, 2.05) is 0 Å². The van der Waals surface area contributed by atoms with Crippen LogP contribution in [0.4, 0.5) is 0 Å². The molecule has 0 radical (unpaired) electrons. The van der Waals surface area contributed by atoms with Crippen molar-refractivity contribution in [3.63, 3.8) is 0 Å². The summed E-state index contributed by atoms with van der Waals surface area (Å²) < 4.78 is 5.39. The molecule has 20 heavy (non-hydrogen) atoms. The molecule has 2 saturated carbocycles. The molecule has 1 heterocycles. The maximum absolute atomic E-state index is 5.39. The Morgan fingerprint density at radius 2 is 1.95 bits per heavy atom. The van der Waals surface area contributed by atoms with Crippen molar-refractivity contribution in [1.29, 1.82) is 0 Å². The molecule has 3 rings (SSSR count). The van der Waals surface area contributed by atoms with Gasteiger partial charge in [0.05, 0.1) is 6.04 Å². The summed E-state index contributed by atoms with van der Waals surface area (Å²) in [6.45, 7) is 8.62. The predicted molar refractivity (Wildman–Crippen MR) is 78.3 cm³/mol. The van der Waals surface area contributed by atoms with E-state index in [1.54, 1.807) is 0 Å². The standard InChI is InChI=1S/C16H27N3O/c1-9(2)15-18-16(20-19-15)11(4)17-10(3)14-8-12-5-6-13(14)7-12/h9-14,17H,5-8H2,1-4H3/t10-,11-,12-,13-,14+/m0/s1. The Hall–Kier alpha value is -0.900. The topological polar surface area (TPSA) is 51.0 Å². The summed E-state index contributed by atoms with van der Waals surface area (Å²) in [6, 6.07) is 0.679. The van der Waals surface area contributed by atoms with Crippen molar-refractivity contribution in [1.82, 2.24) is 15.5 Å². The smallest absolute Gasteiger partial charge is 0.243 e. The van der Waals surface area contributed by atoms with Crippen molar-refractivity contribution in [2.45, 2.75) is 71.4 Å². The van der Waals surface area contributed by atoms with Gasteiger partial charge in [-0.2, -0.15) is 4.98 Å². The summed E-state index contributed by atoms with van der Waals surface area (Å²) in [5.74, 6) is 4.64. The second-order valence-corrected chi connectivity index (χ2v) is 7.16. The first-order valence-electron chi connectivity index (χ1n) is 8.14. The number of aromatic nitrogens is 2. The zero-order valence-electron chi connectivity index (χ0n) is 13.1. The van der Waals surface area contributed by atoms with Crippen molar-refractivity contribution in [2.75, 3.05) is 0 Å². The summed E-state index contributed by atoms with van der Waals surface area (Å²) >= 11 is 0. The van der Waals surface area contributed by atoms with Crippen LogP contribution in [0, 0.1) is 17.8 Å². The number of nitrogens with one attached hydrogen (secondary N) is 1. The predicted octanol–water partition coefficient (Wildman–Crippen LogP) is 3.67. The molecule has 1 aromatic heterocycles. The zero-order valence-corrected chi connectivity index (χ0v) is 13.1. The van der Waals surface area contributed by atoms with Gasteiger partial charge in [-0.05, 0) is 50.9 Å². The van der Waals surface area contributed by atoms with E-state index < -0.39 is 0 Å². The Bertz CT molecular complexity index is 456. The van der Waals surface area contributed by atoms with Crippen molar-refractivity contribution in [2.24, 2.45) is 17.8 Å². The van der Waals surface area contributed by atoms with E-state index >= 15 is 0 Å². The lowest BCUT2D eigenvalue weighted by molar-refractivity contribution is 0.233. The third-order valence-corrected chi connectivity index (χ3v) is 5.29. The lowest BCUT2D eigenvalue weighted by Gasteiger charge is -2.30. The molecular formula is C16H27N3O. The summed E-state index contributed by atoms with van der Waals surface area (Å²) in [6.07, 6.45) is 5.77. The fourth-order valence-electron chi connectivity index (χ4n) is 4.15. The van der Waals surface area contributed by atoms with Crippen LogP contribution in [0.5, 0.6) is 0 Å². The summed E-state index contributed by atoms with van der Waals surface area (Å²) in [5, 5.41) is 7.73. The van der Waals surface area contributed by atoms with Crippen LogP contribution in [0.1, 0.15) is 77.1 Å². The van der Waals surface area contributed by atoms with Gasteiger partial charge < -0.3 is 9.84 Å². The molecule has 1 aromatic rings. The van der Waals surface area contributed by atoms with Crippen molar-refractivity contribution in [3.8, 4) is 0 Å². The molecule has 0 saturated heterocycles. The van der Waals surface area contributed by atoms with Gasteiger partial charge in [-0.15, -0.1) is 0 Å². The molecule has 0 amide bonds.